The summed E-state index contributed by atoms with van der Waals surface area (Å²) in [6.45, 7) is -0.645. The number of hydrogen-bond acceptors (Lipinski definition) is 4. The summed E-state index contributed by atoms with van der Waals surface area (Å²) in [5.41, 5.74) is 0.711. The largest absolute Gasteiger partial charge is 0.480 e. The third kappa shape index (κ3) is 2.64. The van der Waals surface area contributed by atoms with E-state index in [4.69, 9.17) is 5.11 Å². The molecule has 4 rings (SSSR count). The molecule has 2 amide bonds. The number of hydrogen-bond donors (Lipinski definition) is 1. The van der Waals surface area contributed by atoms with E-state index in [1.165, 1.54) is 0 Å². The maximum Gasteiger partial charge on any atom is 0.323 e. The van der Waals surface area contributed by atoms with Crippen LogP contribution >= 0.6 is 11.8 Å². The van der Waals surface area contributed by atoms with Crippen molar-refractivity contribution >= 4 is 40.3 Å². The summed E-state index contributed by atoms with van der Waals surface area (Å²) < 4.78 is 0. The molecule has 0 aliphatic carbocycles. The molecule has 1 aliphatic rings. The van der Waals surface area contributed by atoms with Crippen LogP contribution in [-0.4, -0.2) is 34.3 Å². The Morgan fingerprint density at radius 3 is 2.27 bits per heavy atom. The first kappa shape index (κ1) is 16.4. The number of rotatable bonds is 4. The van der Waals surface area contributed by atoms with E-state index >= 15 is 0 Å². The topological polar surface area (TPSA) is 74.7 Å². The lowest BCUT2D eigenvalue weighted by Crippen LogP contribution is -2.43. The van der Waals surface area contributed by atoms with Crippen molar-refractivity contribution in [2.24, 2.45) is 0 Å². The molecule has 1 heterocycles. The average Bonchev–Trinajstić information content (AvgIpc) is 2.64. The van der Waals surface area contributed by atoms with Crippen LogP contribution in [0.15, 0.2) is 70.5 Å². The zero-order valence-electron chi connectivity index (χ0n) is 13.5. The van der Waals surface area contributed by atoms with Gasteiger partial charge in [-0.05, 0) is 35.7 Å². The second-order valence-electron chi connectivity index (χ2n) is 5.84. The van der Waals surface area contributed by atoms with Gasteiger partial charge >= 0.3 is 5.97 Å². The highest BCUT2D eigenvalue weighted by molar-refractivity contribution is 7.99. The molecule has 3 aromatic carbocycles. The van der Waals surface area contributed by atoms with E-state index in [2.05, 4.69) is 0 Å². The van der Waals surface area contributed by atoms with Crippen molar-refractivity contribution in [3.05, 3.63) is 71.8 Å². The van der Waals surface area contributed by atoms with Gasteiger partial charge in [0.05, 0.1) is 0 Å². The molecule has 5 nitrogen and oxygen atoms in total. The molecule has 0 saturated carbocycles. The molecule has 0 spiro atoms. The SMILES string of the molecule is O=C(O)CN1C(=O)c2cccc3c(Sc4ccccc4)ccc(c23)C1=O. The molecule has 0 atom stereocenters. The minimum absolute atomic E-state index is 0.355. The summed E-state index contributed by atoms with van der Waals surface area (Å²) in [4.78, 5) is 39.1. The summed E-state index contributed by atoms with van der Waals surface area (Å²) in [6.07, 6.45) is 0. The van der Waals surface area contributed by atoms with Crippen LogP contribution in [-0.2, 0) is 4.79 Å². The molecule has 0 radical (unpaired) electrons. The summed E-state index contributed by atoms with van der Waals surface area (Å²) in [5.74, 6) is -2.37. The standard InChI is InChI=1S/C20H13NO4S/c22-17(23)11-21-19(24)14-8-4-7-13-16(26-12-5-2-1-3-6-12)10-9-15(18(13)14)20(21)25/h1-10H,11H2,(H,22,23). The number of benzene rings is 3. The molecule has 1 aliphatic heterocycles. The van der Waals surface area contributed by atoms with Gasteiger partial charge in [-0.1, -0.05) is 42.1 Å². The quantitative estimate of drug-likeness (QED) is 0.716. The Morgan fingerprint density at radius 2 is 1.58 bits per heavy atom. The van der Waals surface area contributed by atoms with Crippen molar-refractivity contribution in [1.82, 2.24) is 4.90 Å². The molecule has 6 heteroatoms. The molecule has 0 unspecified atom stereocenters. The lowest BCUT2D eigenvalue weighted by atomic mass is 9.94. The van der Waals surface area contributed by atoms with Crippen molar-refractivity contribution in [2.75, 3.05) is 6.54 Å². The normalized spacial score (nSPS) is 13.3. The van der Waals surface area contributed by atoms with E-state index in [9.17, 15) is 14.4 Å². The second kappa shape index (κ2) is 6.31. The predicted octanol–water partition coefficient (Wildman–Crippen LogP) is 3.67. The van der Waals surface area contributed by atoms with Crippen LogP contribution in [0.4, 0.5) is 0 Å². The van der Waals surface area contributed by atoms with Gasteiger partial charge in [0.15, 0.2) is 0 Å². The first-order chi connectivity index (χ1) is 12.6. The van der Waals surface area contributed by atoms with Gasteiger partial charge in [-0.25, -0.2) is 0 Å². The number of aliphatic carboxylic acids is 1. The molecule has 0 fully saturated rings. The number of carboxylic acids is 1. The van der Waals surface area contributed by atoms with Crippen molar-refractivity contribution in [1.29, 1.82) is 0 Å². The van der Waals surface area contributed by atoms with Gasteiger partial charge < -0.3 is 5.11 Å². The van der Waals surface area contributed by atoms with Gasteiger partial charge in [0, 0.05) is 26.3 Å². The van der Waals surface area contributed by atoms with Crippen molar-refractivity contribution in [3.8, 4) is 0 Å². The fraction of sp³-hybridized carbons (Fsp3) is 0.0500. The smallest absolute Gasteiger partial charge is 0.323 e. The van der Waals surface area contributed by atoms with Crippen molar-refractivity contribution in [2.45, 2.75) is 9.79 Å². The summed E-state index contributed by atoms with van der Waals surface area (Å²) in [5, 5.41) is 10.4. The van der Waals surface area contributed by atoms with Gasteiger partial charge in [-0.2, -0.15) is 0 Å². The highest BCUT2D eigenvalue weighted by atomic mass is 32.2. The molecule has 128 valence electrons. The second-order valence-corrected chi connectivity index (χ2v) is 6.96. The van der Waals surface area contributed by atoms with Gasteiger partial charge in [0.1, 0.15) is 6.54 Å². The number of carboxylic acid groups (broad SMARTS) is 1. The molecule has 1 N–H and O–H groups in total. The molecule has 0 bridgehead atoms. The molecule has 0 aromatic heterocycles. The van der Waals surface area contributed by atoms with E-state index < -0.39 is 24.3 Å². The number of imide groups is 1. The minimum Gasteiger partial charge on any atom is -0.480 e. The summed E-state index contributed by atoms with van der Waals surface area (Å²) >= 11 is 1.55. The number of nitrogens with zero attached hydrogens (tertiary/aromatic N) is 1. The Bertz CT molecular complexity index is 1040. The van der Waals surface area contributed by atoms with Gasteiger partial charge in [0.25, 0.3) is 11.8 Å². The predicted molar refractivity (Wildman–Crippen MR) is 97.5 cm³/mol. The van der Waals surface area contributed by atoms with Crippen molar-refractivity contribution < 1.29 is 19.5 Å². The van der Waals surface area contributed by atoms with Gasteiger partial charge in [-0.15, -0.1) is 0 Å². The minimum atomic E-state index is -1.22. The van der Waals surface area contributed by atoms with Gasteiger partial charge in [0.2, 0.25) is 0 Å². The highest BCUT2D eigenvalue weighted by Crippen LogP contribution is 2.38. The van der Waals surface area contributed by atoms with Crippen LogP contribution in [0, 0.1) is 0 Å². The third-order valence-electron chi connectivity index (χ3n) is 4.22. The Labute approximate surface area is 153 Å². The van der Waals surface area contributed by atoms with E-state index in [-0.39, 0.29) is 0 Å². The van der Waals surface area contributed by atoms with Crippen LogP contribution in [0.3, 0.4) is 0 Å². The van der Waals surface area contributed by atoms with E-state index in [1.54, 1.807) is 30.0 Å². The molecular weight excluding hydrogens is 350 g/mol. The zero-order valence-corrected chi connectivity index (χ0v) is 14.3. The molecule has 3 aromatic rings. The fourth-order valence-electron chi connectivity index (χ4n) is 3.10. The van der Waals surface area contributed by atoms with Gasteiger partial charge in [-0.3, -0.25) is 19.3 Å². The Kier molecular flexibility index (Phi) is 3.97. The van der Waals surface area contributed by atoms with Crippen LogP contribution < -0.4 is 0 Å². The van der Waals surface area contributed by atoms with Crippen molar-refractivity contribution in [3.63, 3.8) is 0 Å². The highest BCUT2D eigenvalue weighted by Gasteiger charge is 2.34. The molecule has 26 heavy (non-hydrogen) atoms. The van der Waals surface area contributed by atoms with Crippen LogP contribution in [0.2, 0.25) is 0 Å². The lowest BCUT2D eigenvalue weighted by Gasteiger charge is -2.26. The summed E-state index contributed by atoms with van der Waals surface area (Å²) in [7, 11) is 0. The average molecular weight is 363 g/mol. The maximum atomic E-state index is 12.7. The number of carbonyl (C=O) groups is 3. The Balaban J connectivity index is 1.87. The molecule has 0 saturated heterocycles. The summed E-state index contributed by atoms with van der Waals surface area (Å²) in [6, 6.07) is 18.6. The van der Waals surface area contributed by atoms with Crippen LogP contribution in [0.25, 0.3) is 10.8 Å². The monoisotopic (exact) mass is 363 g/mol. The Morgan fingerprint density at radius 1 is 0.885 bits per heavy atom. The Hall–Kier alpha value is -3.12. The third-order valence-corrected chi connectivity index (χ3v) is 5.30. The number of amides is 2. The lowest BCUT2D eigenvalue weighted by molar-refractivity contribution is -0.137. The van der Waals surface area contributed by atoms with Crippen LogP contribution in [0.5, 0.6) is 0 Å². The van der Waals surface area contributed by atoms with Crippen LogP contribution in [0.1, 0.15) is 20.7 Å². The van der Waals surface area contributed by atoms with E-state index in [1.807, 2.05) is 42.5 Å². The number of carbonyl (C=O) groups excluding carboxylic acids is 2. The fourth-order valence-corrected chi connectivity index (χ4v) is 4.07. The first-order valence-electron chi connectivity index (χ1n) is 7.93. The molecular formula is C20H13NO4S. The van der Waals surface area contributed by atoms with E-state index in [0.717, 1.165) is 20.1 Å². The zero-order chi connectivity index (χ0) is 18.3. The first-order valence-corrected chi connectivity index (χ1v) is 8.74. The van der Waals surface area contributed by atoms with E-state index in [0.29, 0.717) is 16.5 Å². The maximum absolute atomic E-state index is 12.7.